The zero-order valence-corrected chi connectivity index (χ0v) is 20.5. The first-order valence-corrected chi connectivity index (χ1v) is 12.2. The van der Waals surface area contributed by atoms with Crippen LogP contribution >= 0.6 is 35.0 Å². The van der Waals surface area contributed by atoms with Crippen LogP contribution in [0, 0.1) is 6.92 Å². The fourth-order valence-corrected chi connectivity index (χ4v) is 4.95. The maximum absolute atomic E-state index is 13.2. The Balaban J connectivity index is 1.44. The van der Waals surface area contributed by atoms with Gasteiger partial charge in [0.05, 0.1) is 22.5 Å². The van der Waals surface area contributed by atoms with Crippen LogP contribution in [0.4, 0.5) is 5.69 Å². The number of aryl methyl sites for hydroxylation is 1. The monoisotopic (exact) mass is 503 g/mol. The van der Waals surface area contributed by atoms with Crippen molar-refractivity contribution < 1.29 is 9.59 Å². The van der Waals surface area contributed by atoms with Gasteiger partial charge >= 0.3 is 0 Å². The Kier molecular flexibility index (Phi) is 7.26. The normalized spacial score (nSPS) is 15.6. The van der Waals surface area contributed by atoms with Crippen molar-refractivity contribution in [1.82, 2.24) is 19.7 Å². The summed E-state index contributed by atoms with van der Waals surface area (Å²) in [5.74, 6) is 0.623. The van der Waals surface area contributed by atoms with Crippen molar-refractivity contribution in [2.75, 3.05) is 17.6 Å². The van der Waals surface area contributed by atoms with Gasteiger partial charge in [0.2, 0.25) is 5.91 Å². The van der Waals surface area contributed by atoms with Crippen LogP contribution in [0.2, 0.25) is 10.0 Å². The highest BCUT2D eigenvalue weighted by molar-refractivity contribution is 7.99. The number of halogens is 2. The zero-order valence-electron chi connectivity index (χ0n) is 18.2. The van der Waals surface area contributed by atoms with Gasteiger partial charge in [-0.2, -0.15) is 0 Å². The van der Waals surface area contributed by atoms with E-state index in [2.05, 4.69) is 15.5 Å². The first-order valence-electron chi connectivity index (χ1n) is 10.5. The molecule has 0 aliphatic carbocycles. The van der Waals surface area contributed by atoms with Gasteiger partial charge in [0.25, 0.3) is 5.91 Å². The number of thioether (sulfide) groups is 1. The Hall–Kier alpha value is -2.55. The maximum Gasteiger partial charge on any atom is 0.254 e. The minimum absolute atomic E-state index is 0.00517. The van der Waals surface area contributed by atoms with E-state index in [0.29, 0.717) is 33.0 Å². The third kappa shape index (κ3) is 5.18. The quantitative estimate of drug-likeness (QED) is 0.471. The van der Waals surface area contributed by atoms with Crippen LogP contribution < -0.4 is 5.32 Å². The van der Waals surface area contributed by atoms with Gasteiger partial charge in [0.1, 0.15) is 0 Å². The highest BCUT2D eigenvalue weighted by Gasteiger charge is 2.34. The standard InChI is InChI=1S/C23H23Cl2N5O2S/c1-14-6-3-4-7-16(14)22(32)30-11-5-8-19(30)21-27-28-23(29(21)2)33-13-20(31)26-18-12-15(24)9-10-17(18)25/h3-4,6-7,9-10,12,19H,5,8,11,13H2,1-2H3,(H,26,31). The van der Waals surface area contributed by atoms with Crippen LogP contribution in [0.3, 0.4) is 0 Å². The molecule has 1 unspecified atom stereocenters. The predicted molar refractivity (Wildman–Crippen MR) is 131 cm³/mol. The predicted octanol–water partition coefficient (Wildman–Crippen LogP) is 5.14. The van der Waals surface area contributed by atoms with Crippen LogP contribution in [0.25, 0.3) is 0 Å². The second-order valence-corrected chi connectivity index (χ2v) is 9.62. The summed E-state index contributed by atoms with van der Waals surface area (Å²) in [7, 11) is 1.86. The molecule has 0 saturated carbocycles. The van der Waals surface area contributed by atoms with Crippen LogP contribution in [0.5, 0.6) is 0 Å². The molecule has 1 aliphatic rings. The number of carbonyl (C=O) groups is 2. The molecule has 2 amide bonds. The third-order valence-corrected chi connectivity index (χ3v) is 7.18. The molecule has 2 aromatic carbocycles. The smallest absolute Gasteiger partial charge is 0.254 e. The van der Waals surface area contributed by atoms with E-state index in [9.17, 15) is 9.59 Å². The van der Waals surface area contributed by atoms with E-state index in [-0.39, 0.29) is 23.6 Å². The number of likely N-dealkylation sites (tertiary alicyclic amines) is 1. The van der Waals surface area contributed by atoms with Crippen molar-refractivity contribution in [1.29, 1.82) is 0 Å². The summed E-state index contributed by atoms with van der Waals surface area (Å²) in [5, 5.41) is 12.9. The molecule has 33 heavy (non-hydrogen) atoms. The molecule has 10 heteroatoms. The number of nitrogens with one attached hydrogen (secondary N) is 1. The summed E-state index contributed by atoms with van der Waals surface area (Å²) in [6.45, 7) is 2.62. The van der Waals surface area contributed by atoms with Crippen LogP contribution in [0.15, 0.2) is 47.6 Å². The fraction of sp³-hybridized carbons (Fsp3) is 0.304. The number of aromatic nitrogens is 3. The molecular weight excluding hydrogens is 481 g/mol. The average Bonchev–Trinajstić information content (AvgIpc) is 3.41. The molecule has 1 saturated heterocycles. The molecule has 0 radical (unpaired) electrons. The highest BCUT2D eigenvalue weighted by atomic mass is 35.5. The molecule has 1 fully saturated rings. The maximum atomic E-state index is 13.2. The summed E-state index contributed by atoms with van der Waals surface area (Å²) in [5.41, 5.74) is 2.12. The van der Waals surface area contributed by atoms with Crippen LogP contribution in [-0.4, -0.2) is 43.8 Å². The van der Waals surface area contributed by atoms with E-state index >= 15 is 0 Å². The van der Waals surface area contributed by atoms with Crippen molar-refractivity contribution in [2.45, 2.75) is 31.0 Å². The summed E-state index contributed by atoms with van der Waals surface area (Å²) >= 11 is 13.4. The van der Waals surface area contributed by atoms with Crippen molar-refractivity contribution in [3.05, 3.63) is 69.5 Å². The lowest BCUT2D eigenvalue weighted by Crippen LogP contribution is -2.32. The summed E-state index contributed by atoms with van der Waals surface area (Å²) in [6.07, 6.45) is 1.72. The topological polar surface area (TPSA) is 80.1 Å². The van der Waals surface area contributed by atoms with Crippen molar-refractivity contribution >= 4 is 52.5 Å². The van der Waals surface area contributed by atoms with E-state index in [1.165, 1.54) is 11.8 Å². The molecule has 0 spiro atoms. The first-order chi connectivity index (χ1) is 15.8. The minimum Gasteiger partial charge on any atom is -0.328 e. The number of amides is 2. The minimum atomic E-state index is -0.231. The Morgan fingerprint density at radius 2 is 1.97 bits per heavy atom. The largest absolute Gasteiger partial charge is 0.328 e. The van der Waals surface area contributed by atoms with Crippen LogP contribution in [-0.2, 0) is 11.8 Å². The molecule has 172 valence electrons. The van der Waals surface area contributed by atoms with Crippen molar-refractivity contribution in [3.8, 4) is 0 Å². The van der Waals surface area contributed by atoms with E-state index in [1.54, 1.807) is 18.2 Å². The Bertz CT molecular complexity index is 1200. The highest BCUT2D eigenvalue weighted by Crippen LogP contribution is 2.34. The molecule has 1 atom stereocenters. The number of rotatable bonds is 6. The lowest BCUT2D eigenvalue weighted by atomic mass is 10.1. The Morgan fingerprint density at radius 3 is 2.76 bits per heavy atom. The summed E-state index contributed by atoms with van der Waals surface area (Å²) in [6, 6.07) is 12.3. The second kappa shape index (κ2) is 10.2. The van der Waals surface area contributed by atoms with Gasteiger partial charge in [-0.05, 0) is 49.6 Å². The third-order valence-electron chi connectivity index (χ3n) is 5.59. The number of benzene rings is 2. The lowest BCUT2D eigenvalue weighted by molar-refractivity contribution is -0.113. The van der Waals surface area contributed by atoms with Crippen LogP contribution in [0.1, 0.15) is 40.6 Å². The fourth-order valence-electron chi connectivity index (χ4n) is 3.90. The molecule has 2 heterocycles. The number of nitrogens with zero attached hydrogens (tertiary/aromatic N) is 4. The SMILES string of the molecule is Cc1ccccc1C(=O)N1CCCC1c1nnc(SCC(=O)Nc2cc(Cl)ccc2Cl)n1C. The van der Waals surface area contributed by atoms with Gasteiger partial charge in [-0.1, -0.05) is 53.2 Å². The van der Waals surface area contributed by atoms with Gasteiger partial charge in [-0.25, -0.2) is 0 Å². The van der Waals surface area contributed by atoms with Gasteiger partial charge in [-0.3, -0.25) is 9.59 Å². The van der Waals surface area contributed by atoms with Gasteiger partial charge < -0.3 is 14.8 Å². The molecule has 4 rings (SSSR count). The molecule has 7 nitrogen and oxygen atoms in total. The van der Waals surface area contributed by atoms with E-state index in [0.717, 1.165) is 24.2 Å². The molecule has 1 aliphatic heterocycles. The molecular formula is C23H23Cl2N5O2S. The van der Waals surface area contributed by atoms with Gasteiger partial charge in [0, 0.05) is 24.2 Å². The second-order valence-electron chi connectivity index (χ2n) is 7.83. The van der Waals surface area contributed by atoms with Crippen molar-refractivity contribution in [2.24, 2.45) is 7.05 Å². The number of hydrogen-bond donors (Lipinski definition) is 1. The summed E-state index contributed by atoms with van der Waals surface area (Å²) < 4.78 is 1.86. The van der Waals surface area contributed by atoms with E-state index in [4.69, 9.17) is 23.2 Å². The number of anilines is 1. The number of hydrogen-bond acceptors (Lipinski definition) is 5. The van der Waals surface area contributed by atoms with Gasteiger partial charge in [0.15, 0.2) is 11.0 Å². The van der Waals surface area contributed by atoms with Gasteiger partial charge in [-0.15, -0.1) is 10.2 Å². The van der Waals surface area contributed by atoms with E-state index in [1.807, 2.05) is 47.7 Å². The molecule has 1 aromatic heterocycles. The average molecular weight is 504 g/mol. The molecule has 1 N–H and O–H groups in total. The Labute approximate surface area is 206 Å². The Morgan fingerprint density at radius 1 is 1.18 bits per heavy atom. The zero-order chi connectivity index (χ0) is 23.5. The summed E-state index contributed by atoms with van der Waals surface area (Å²) in [4.78, 5) is 27.5. The van der Waals surface area contributed by atoms with Crippen molar-refractivity contribution in [3.63, 3.8) is 0 Å². The molecule has 3 aromatic rings. The first kappa shape index (κ1) is 23.6. The number of carbonyl (C=O) groups excluding carboxylic acids is 2. The lowest BCUT2D eigenvalue weighted by Gasteiger charge is -2.24. The molecule has 0 bridgehead atoms. The van der Waals surface area contributed by atoms with E-state index < -0.39 is 0 Å².